The van der Waals surface area contributed by atoms with Crippen LogP contribution in [0.4, 0.5) is 0 Å². The Morgan fingerprint density at radius 2 is 2.04 bits per heavy atom. The molecule has 1 unspecified atom stereocenters. The van der Waals surface area contributed by atoms with E-state index in [1.54, 1.807) is 29.2 Å². The standard InChI is InChI=1S/C19H22N4O4.ClH/c24-17-11-20-7-9-23(17)13-3-1-8-22(12-13)19(26)14-5-6-15(21-18(14)25)16-4-2-10-27-16;/h2,4-6,10,13,20H,1,3,7-9,11-12H2,(H,21,25);1H. The SMILES string of the molecule is Cl.O=C(c1ccc(-c2ccco2)[nH]c1=O)N1CCCC(N2CCNCC2=O)C1. The second-order valence-corrected chi connectivity index (χ2v) is 6.90. The molecule has 2 aromatic rings. The van der Waals surface area contributed by atoms with Gasteiger partial charge in [-0.05, 0) is 37.1 Å². The van der Waals surface area contributed by atoms with Gasteiger partial charge in [0.2, 0.25) is 5.91 Å². The Morgan fingerprint density at radius 3 is 2.75 bits per heavy atom. The summed E-state index contributed by atoms with van der Waals surface area (Å²) in [6.07, 6.45) is 3.22. The number of likely N-dealkylation sites (tertiary alicyclic amines) is 1. The summed E-state index contributed by atoms with van der Waals surface area (Å²) >= 11 is 0. The Labute approximate surface area is 168 Å². The summed E-state index contributed by atoms with van der Waals surface area (Å²) in [7, 11) is 0. The van der Waals surface area contributed by atoms with E-state index in [0.717, 1.165) is 19.4 Å². The minimum Gasteiger partial charge on any atom is -0.463 e. The van der Waals surface area contributed by atoms with E-state index < -0.39 is 5.56 Å². The number of aromatic amines is 1. The fourth-order valence-corrected chi connectivity index (χ4v) is 3.79. The molecule has 9 heteroatoms. The second-order valence-electron chi connectivity index (χ2n) is 6.90. The molecule has 0 aliphatic carbocycles. The number of nitrogens with one attached hydrogen (secondary N) is 2. The molecule has 0 spiro atoms. The largest absolute Gasteiger partial charge is 0.463 e. The summed E-state index contributed by atoms with van der Waals surface area (Å²) in [5.41, 5.74) is 0.205. The van der Waals surface area contributed by atoms with Gasteiger partial charge in [-0.25, -0.2) is 0 Å². The first-order chi connectivity index (χ1) is 13.1. The molecule has 2 N–H and O–H groups in total. The second kappa shape index (κ2) is 8.62. The predicted molar refractivity (Wildman–Crippen MR) is 106 cm³/mol. The number of carbonyl (C=O) groups excluding carboxylic acids is 2. The average molecular weight is 407 g/mol. The fraction of sp³-hybridized carbons (Fsp3) is 0.421. The van der Waals surface area contributed by atoms with E-state index in [-0.39, 0.29) is 35.8 Å². The van der Waals surface area contributed by atoms with E-state index in [4.69, 9.17) is 4.42 Å². The first-order valence-corrected chi connectivity index (χ1v) is 9.20. The number of piperazine rings is 1. The normalized spacial score (nSPS) is 20.0. The molecule has 4 heterocycles. The highest BCUT2D eigenvalue weighted by Crippen LogP contribution is 2.20. The number of hydrogen-bond acceptors (Lipinski definition) is 5. The Balaban J connectivity index is 0.00000225. The zero-order valence-electron chi connectivity index (χ0n) is 15.3. The van der Waals surface area contributed by atoms with Crippen molar-refractivity contribution in [2.75, 3.05) is 32.7 Å². The van der Waals surface area contributed by atoms with Crippen LogP contribution in [-0.4, -0.2) is 65.4 Å². The van der Waals surface area contributed by atoms with Gasteiger partial charge in [0, 0.05) is 32.2 Å². The molecule has 2 aliphatic rings. The summed E-state index contributed by atoms with van der Waals surface area (Å²) in [6, 6.07) is 6.71. The lowest BCUT2D eigenvalue weighted by Gasteiger charge is -2.41. The number of aromatic nitrogens is 1. The van der Waals surface area contributed by atoms with Crippen LogP contribution in [0.25, 0.3) is 11.5 Å². The Hall–Kier alpha value is -2.58. The van der Waals surface area contributed by atoms with Crippen LogP contribution >= 0.6 is 12.4 Å². The number of halogens is 1. The molecule has 2 aliphatic heterocycles. The highest BCUT2D eigenvalue weighted by molar-refractivity contribution is 5.94. The molecule has 0 saturated carbocycles. The number of furan rings is 1. The van der Waals surface area contributed by atoms with E-state index in [9.17, 15) is 14.4 Å². The van der Waals surface area contributed by atoms with Crippen LogP contribution in [0.1, 0.15) is 23.2 Å². The molecule has 2 amide bonds. The smallest absolute Gasteiger partial charge is 0.261 e. The third kappa shape index (κ3) is 3.98. The molecule has 0 radical (unpaired) electrons. The molecular weight excluding hydrogens is 384 g/mol. The summed E-state index contributed by atoms with van der Waals surface area (Å²) in [6.45, 7) is 2.82. The highest BCUT2D eigenvalue weighted by Gasteiger charge is 2.32. The third-order valence-corrected chi connectivity index (χ3v) is 5.18. The van der Waals surface area contributed by atoms with E-state index in [1.165, 1.54) is 6.26 Å². The Kier molecular flexibility index (Phi) is 6.21. The first kappa shape index (κ1) is 20.2. The van der Waals surface area contributed by atoms with E-state index in [0.29, 0.717) is 37.6 Å². The van der Waals surface area contributed by atoms with Crippen molar-refractivity contribution in [3.8, 4) is 11.5 Å². The molecule has 4 rings (SSSR count). The first-order valence-electron chi connectivity index (χ1n) is 9.20. The van der Waals surface area contributed by atoms with Gasteiger partial charge < -0.3 is 24.5 Å². The van der Waals surface area contributed by atoms with Crippen LogP contribution in [-0.2, 0) is 4.79 Å². The topological polar surface area (TPSA) is 98.7 Å². The Morgan fingerprint density at radius 1 is 1.18 bits per heavy atom. The van der Waals surface area contributed by atoms with Crippen molar-refractivity contribution in [3.63, 3.8) is 0 Å². The van der Waals surface area contributed by atoms with Crippen molar-refractivity contribution in [2.24, 2.45) is 0 Å². The molecule has 8 nitrogen and oxygen atoms in total. The zero-order valence-corrected chi connectivity index (χ0v) is 16.2. The van der Waals surface area contributed by atoms with Crippen molar-refractivity contribution in [2.45, 2.75) is 18.9 Å². The zero-order chi connectivity index (χ0) is 18.8. The number of amides is 2. The number of carbonyl (C=O) groups is 2. The monoisotopic (exact) mass is 406 g/mol. The number of piperidine rings is 1. The minimum absolute atomic E-state index is 0. The number of rotatable bonds is 3. The summed E-state index contributed by atoms with van der Waals surface area (Å²) in [5.74, 6) is 0.317. The van der Waals surface area contributed by atoms with Crippen LogP contribution in [0.3, 0.4) is 0 Å². The summed E-state index contributed by atoms with van der Waals surface area (Å²) < 4.78 is 5.27. The average Bonchev–Trinajstić information content (AvgIpc) is 3.23. The maximum absolute atomic E-state index is 12.9. The number of hydrogen-bond donors (Lipinski definition) is 2. The predicted octanol–water partition coefficient (Wildman–Crippen LogP) is 1.09. The van der Waals surface area contributed by atoms with Crippen molar-refractivity contribution >= 4 is 24.2 Å². The molecule has 28 heavy (non-hydrogen) atoms. The van der Waals surface area contributed by atoms with Crippen LogP contribution in [0.15, 0.2) is 39.7 Å². The lowest BCUT2D eigenvalue weighted by molar-refractivity contribution is -0.135. The van der Waals surface area contributed by atoms with Gasteiger partial charge in [-0.1, -0.05) is 0 Å². The van der Waals surface area contributed by atoms with Crippen molar-refractivity contribution < 1.29 is 14.0 Å². The lowest BCUT2D eigenvalue weighted by Crippen LogP contribution is -2.57. The lowest BCUT2D eigenvalue weighted by atomic mass is 10.0. The molecular formula is C19H23ClN4O4. The molecule has 1 atom stereocenters. The molecule has 2 saturated heterocycles. The van der Waals surface area contributed by atoms with E-state index >= 15 is 0 Å². The highest BCUT2D eigenvalue weighted by atomic mass is 35.5. The number of nitrogens with zero attached hydrogens (tertiary/aromatic N) is 2. The van der Waals surface area contributed by atoms with Gasteiger partial charge in [-0.3, -0.25) is 14.4 Å². The van der Waals surface area contributed by atoms with Gasteiger partial charge in [0.25, 0.3) is 11.5 Å². The molecule has 2 fully saturated rings. The van der Waals surface area contributed by atoms with Gasteiger partial charge in [0.15, 0.2) is 0 Å². The van der Waals surface area contributed by atoms with Crippen molar-refractivity contribution in [3.05, 3.63) is 46.4 Å². The van der Waals surface area contributed by atoms with Gasteiger partial charge in [0.05, 0.1) is 18.5 Å². The van der Waals surface area contributed by atoms with Gasteiger partial charge in [-0.2, -0.15) is 0 Å². The van der Waals surface area contributed by atoms with Gasteiger partial charge in [0.1, 0.15) is 11.3 Å². The number of pyridine rings is 1. The maximum atomic E-state index is 12.9. The molecule has 2 aromatic heterocycles. The van der Waals surface area contributed by atoms with Crippen LogP contribution in [0.5, 0.6) is 0 Å². The Bertz CT molecular complexity index is 896. The maximum Gasteiger partial charge on any atom is 0.261 e. The van der Waals surface area contributed by atoms with Crippen LogP contribution < -0.4 is 10.9 Å². The quantitative estimate of drug-likeness (QED) is 0.795. The fourth-order valence-electron chi connectivity index (χ4n) is 3.79. The molecule has 0 aromatic carbocycles. The summed E-state index contributed by atoms with van der Waals surface area (Å²) in [5, 5.41) is 3.06. The summed E-state index contributed by atoms with van der Waals surface area (Å²) in [4.78, 5) is 43.7. The molecule has 150 valence electrons. The van der Waals surface area contributed by atoms with E-state index in [1.807, 2.05) is 4.90 Å². The van der Waals surface area contributed by atoms with Crippen molar-refractivity contribution in [1.29, 1.82) is 0 Å². The van der Waals surface area contributed by atoms with Crippen LogP contribution in [0, 0.1) is 0 Å². The van der Waals surface area contributed by atoms with Gasteiger partial charge >= 0.3 is 0 Å². The van der Waals surface area contributed by atoms with Crippen molar-refractivity contribution in [1.82, 2.24) is 20.1 Å². The van der Waals surface area contributed by atoms with Crippen LogP contribution in [0.2, 0.25) is 0 Å². The van der Waals surface area contributed by atoms with E-state index in [2.05, 4.69) is 10.3 Å². The minimum atomic E-state index is -0.436. The van der Waals surface area contributed by atoms with Gasteiger partial charge in [-0.15, -0.1) is 12.4 Å². The third-order valence-electron chi connectivity index (χ3n) is 5.18. The number of H-pyrrole nitrogens is 1. The molecule has 0 bridgehead atoms.